The summed E-state index contributed by atoms with van der Waals surface area (Å²) >= 11 is 0. The van der Waals surface area contributed by atoms with E-state index in [1.165, 1.54) is 43.5 Å². The molecule has 28 nitrogen and oxygen atoms in total. The molecule has 9 N–H and O–H groups in total. The van der Waals surface area contributed by atoms with Crippen molar-refractivity contribution in [3.05, 3.63) is 95.6 Å². The summed E-state index contributed by atoms with van der Waals surface area (Å²) < 4.78 is 135. The standard InChI is InChI=1S/C40H41N11O17S4/c1-22-6-9-25(10-7-22)45-51-39-35(41)37(49-44-26-11-13-27(14-12-26)69(55,56)18-17-68-72(63,64)65)34(40(53)54)38(36(39)42)50-48-31-20-29(43-23(2)52)30(21-32(31)66-3)47-46-28-15-8-24(19-33(28)70(57,58)59)5-4-16-67-71(60,61)62/h6-15,19-21H,4-5,16-18,41-42H2,1-3H3,(H,43,52)(H,53,54)(H,57,58,59)(H,60,61,62)(H,63,64,65). The van der Waals surface area contributed by atoms with Crippen LogP contribution in [0.4, 0.5) is 62.6 Å². The number of sulfone groups is 1. The van der Waals surface area contributed by atoms with Gasteiger partial charge < -0.3 is 26.6 Å². The van der Waals surface area contributed by atoms with Crippen LogP contribution in [0, 0.1) is 6.92 Å². The van der Waals surface area contributed by atoms with E-state index in [-0.39, 0.29) is 57.6 Å². The van der Waals surface area contributed by atoms with Gasteiger partial charge in [-0.25, -0.2) is 21.6 Å². The summed E-state index contributed by atoms with van der Waals surface area (Å²) in [6, 6.07) is 17.3. The largest absolute Gasteiger partial charge is 0.494 e. The fourth-order valence-corrected chi connectivity index (χ4v) is 8.50. The lowest BCUT2D eigenvalue weighted by Gasteiger charge is -2.14. The molecular weight excluding hydrogens is 1030 g/mol. The fraction of sp³-hybridized carbons (Fsp3) is 0.200. The van der Waals surface area contributed by atoms with Crippen molar-refractivity contribution in [3.63, 3.8) is 0 Å². The van der Waals surface area contributed by atoms with Gasteiger partial charge in [0.15, 0.2) is 9.84 Å². The zero-order valence-corrected chi connectivity index (χ0v) is 40.8. The SMILES string of the molecule is COc1cc(N=Nc2ccc(CCCOS(=O)(=O)O)cc2S(=O)(=O)O)c(NC(C)=O)cc1N=Nc1c(N)c(N=Nc2ccc(C)cc2)c(N)c(N=Nc2ccc(S(=O)(=O)CCOS(=O)(=O)O)cc2)c1C(=O)O. The number of ether oxygens (including phenoxy) is 1. The van der Waals surface area contributed by atoms with E-state index in [0.717, 1.165) is 30.7 Å². The number of benzene rings is 5. The first-order valence-corrected chi connectivity index (χ1v) is 25.9. The van der Waals surface area contributed by atoms with E-state index in [9.17, 15) is 52.9 Å². The van der Waals surface area contributed by atoms with E-state index in [1.54, 1.807) is 24.3 Å². The van der Waals surface area contributed by atoms with Gasteiger partial charge in [-0.2, -0.15) is 35.5 Å². The first kappa shape index (κ1) is 55.4. The third kappa shape index (κ3) is 15.5. The van der Waals surface area contributed by atoms with E-state index in [1.807, 2.05) is 6.92 Å². The van der Waals surface area contributed by atoms with Crippen LogP contribution in [0.1, 0.15) is 34.8 Å². The number of carbonyl (C=O) groups is 2. The van der Waals surface area contributed by atoms with Crippen LogP contribution < -0.4 is 21.5 Å². The summed E-state index contributed by atoms with van der Waals surface area (Å²) in [7, 11) is -17.5. The van der Waals surface area contributed by atoms with Gasteiger partial charge in [0.1, 0.15) is 50.3 Å². The number of rotatable bonds is 22. The van der Waals surface area contributed by atoms with Crippen LogP contribution in [-0.2, 0) is 60.3 Å². The van der Waals surface area contributed by atoms with Crippen LogP contribution in [0.5, 0.6) is 5.75 Å². The highest BCUT2D eigenvalue weighted by atomic mass is 32.3. The average molecular weight is 1080 g/mol. The number of carbonyl (C=O) groups excluding carboxylic acids is 1. The average Bonchev–Trinajstić information content (AvgIpc) is 3.28. The van der Waals surface area contributed by atoms with E-state index in [2.05, 4.69) is 54.6 Å². The predicted octanol–water partition coefficient (Wildman–Crippen LogP) is 8.08. The lowest BCUT2D eigenvalue weighted by atomic mass is 10.1. The van der Waals surface area contributed by atoms with E-state index in [4.69, 9.17) is 25.3 Å². The first-order chi connectivity index (χ1) is 33.7. The number of anilines is 3. The van der Waals surface area contributed by atoms with Crippen molar-refractivity contribution in [1.82, 2.24) is 0 Å². The van der Waals surface area contributed by atoms with E-state index >= 15 is 0 Å². The van der Waals surface area contributed by atoms with Gasteiger partial charge >= 0.3 is 26.8 Å². The quantitative estimate of drug-likeness (QED) is 0.0149. The van der Waals surface area contributed by atoms with Gasteiger partial charge in [0.2, 0.25) is 5.91 Å². The van der Waals surface area contributed by atoms with Crippen molar-refractivity contribution in [1.29, 1.82) is 0 Å². The van der Waals surface area contributed by atoms with Crippen LogP contribution in [0.15, 0.2) is 130 Å². The smallest absolute Gasteiger partial charge is 0.397 e. The number of carboxylic acids is 1. The number of hydrogen-bond acceptors (Lipinski definition) is 23. The van der Waals surface area contributed by atoms with Crippen molar-refractivity contribution >= 4 is 115 Å². The summed E-state index contributed by atoms with van der Waals surface area (Å²) in [4.78, 5) is 24.4. The molecule has 0 atom stereocenters. The third-order valence-corrected chi connectivity index (χ3v) is 12.8. The van der Waals surface area contributed by atoms with Crippen molar-refractivity contribution in [3.8, 4) is 5.75 Å². The monoisotopic (exact) mass is 1080 g/mol. The number of hydrogen-bond donors (Lipinski definition) is 7. The summed E-state index contributed by atoms with van der Waals surface area (Å²) in [6.07, 6.45) is 0.0651. The highest BCUT2D eigenvalue weighted by molar-refractivity contribution is 7.91. The molecule has 0 heterocycles. The molecule has 0 unspecified atom stereocenters. The molecule has 0 bridgehead atoms. The minimum atomic E-state index is -4.94. The molecule has 72 heavy (non-hydrogen) atoms. The van der Waals surface area contributed by atoms with Crippen LogP contribution >= 0.6 is 0 Å². The highest BCUT2D eigenvalue weighted by Crippen LogP contribution is 2.50. The molecule has 0 aromatic heterocycles. The van der Waals surface area contributed by atoms with Crippen molar-refractivity contribution in [2.45, 2.75) is 36.5 Å². The molecule has 5 rings (SSSR count). The van der Waals surface area contributed by atoms with Gasteiger partial charge in [-0.1, -0.05) is 23.8 Å². The van der Waals surface area contributed by atoms with E-state index < -0.39 is 105 Å². The number of nitrogen functional groups attached to an aromatic ring is 2. The number of carboxylic acid groups (broad SMARTS) is 1. The maximum absolute atomic E-state index is 13.0. The molecular formula is C40H41N11O17S4. The number of methoxy groups -OCH3 is 1. The van der Waals surface area contributed by atoms with Gasteiger partial charge in [0.05, 0.1) is 59.4 Å². The minimum absolute atomic E-state index is 0.0177. The molecule has 0 radical (unpaired) electrons. The van der Waals surface area contributed by atoms with Crippen molar-refractivity contribution in [2.24, 2.45) is 40.9 Å². The summed E-state index contributed by atoms with van der Waals surface area (Å²) in [5.74, 6) is -3.30. The fourth-order valence-electron chi connectivity index (χ4n) is 6.01. The highest BCUT2D eigenvalue weighted by Gasteiger charge is 2.27. The second kappa shape index (κ2) is 23.1. The molecule has 32 heteroatoms. The topological polar surface area (TPSA) is 442 Å². The molecule has 0 aliphatic carbocycles. The van der Waals surface area contributed by atoms with Crippen LogP contribution in [0.25, 0.3) is 0 Å². The molecule has 0 aliphatic rings. The summed E-state index contributed by atoms with van der Waals surface area (Å²) in [6.45, 7) is 1.66. The van der Waals surface area contributed by atoms with E-state index in [0.29, 0.717) is 11.3 Å². The third-order valence-electron chi connectivity index (χ3n) is 9.33. The Kier molecular flexibility index (Phi) is 17.8. The second-order valence-electron chi connectivity index (χ2n) is 14.6. The lowest BCUT2D eigenvalue weighted by molar-refractivity contribution is -0.114. The molecule has 382 valence electrons. The van der Waals surface area contributed by atoms with Crippen molar-refractivity contribution in [2.75, 3.05) is 42.9 Å². The maximum Gasteiger partial charge on any atom is 0.397 e. The number of azo groups is 4. The van der Waals surface area contributed by atoms with Crippen LogP contribution in [0.3, 0.4) is 0 Å². The molecule has 5 aromatic carbocycles. The zero-order chi connectivity index (χ0) is 53.2. The lowest BCUT2D eigenvalue weighted by Crippen LogP contribution is -2.15. The van der Waals surface area contributed by atoms with Gasteiger partial charge in [0.25, 0.3) is 10.1 Å². The molecule has 0 fully saturated rings. The Bertz CT molecular complexity index is 3480. The Morgan fingerprint density at radius 1 is 0.639 bits per heavy atom. The minimum Gasteiger partial charge on any atom is -0.494 e. The Morgan fingerprint density at radius 3 is 1.71 bits per heavy atom. The molecule has 0 spiro atoms. The number of nitrogens with one attached hydrogen (secondary N) is 1. The summed E-state index contributed by atoms with van der Waals surface area (Å²) in [5, 5.41) is 45.8. The maximum atomic E-state index is 13.0. The number of amides is 1. The second-order valence-corrected chi connectivity index (χ2v) is 20.3. The van der Waals surface area contributed by atoms with Crippen LogP contribution in [0.2, 0.25) is 0 Å². The Hall–Kier alpha value is -7.56. The number of nitrogens with two attached hydrogens (primary N) is 2. The first-order valence-electron chi connectivity index (χ1n) is 20.0. The van der Waals surface area contributed by atoms with Gasteiger partial charge in [-0.15, -0.1) is 30.7 Å². The zero-order valence-electron chi connectivity index (χ0n) is 37.5. The number of aryl methyl sites for hydroxylation is 2. The normalized spacial score (nSPS) is 12.6. The Labute approximate surface area is 410 Å². The van der Waals surface area contributed by atoms with Gasteiger partial charge in [-0.05, 0) is 79.9 Å². The Morgan fingerprint density at radius 2 is 1.17 bits per heavy atom. The van der Waals surface area contributed by atoms with Gasteiger partial charge in [0, 0.05) is 13.0 Å². The number of nitrogens with zero attached hydrogens (tertiary/aromatic N) is 8. The number of aromatic carboxylic acids is 1. The molecule has 0 aliphatic heterocycles. The van der Waals surface area contributed by atoms with Crippen molar-refractivity contribution < 1.29 is 75.1 Å². The molecule has 5 aromatic rings. The summed E-state index contributed by atoms with van der Waals surface area (Å²) in [5.41, 5.74) is 10.4. The molecule has 0 saturated heterocycles. The van der Waals surface area contributed by atoms with Crippen LogP contribution in [-0.4, -0.2) is 90.4 Å². The molecule has 0 saturated carbocycles. The Balaban J connectivity index is 1.60. The molecule has 1 amide bonds. The van der Waals surface area contributed by atoms with Gasteiger partial charge in [-0.3, -0.25) is 18.5 Å². The predicted molar refractivity (Wildman–Crippen MR) is 255 cm³/mol.